The predicted octanol–water partition coefficient (Wildman–Crippen LogP) is 4.64. The summed E-state index contributed by atoms with van der Waals surface area (Å²) in [7, 11) is 0. The zero-order valence-corrected chi connectivity index (χ0v) is 19.3. The van der Waals surface area contributed by atoms with E-state index in [0.29, 0.717) is 32.8 Å². The lowest BCUT2D eigenvalue weighted by Crippen LogP contribution is -2.16. The predicted molar refractivity (Wildman–Crippen MR) is 122 cm³/mol. The summed E-state index contributed by atoms with van der Waals surface area (Å²) >= 11 is 0. The molecule has 0 spiro atoms. The summed E-state index contributed by atoms with van der Waals surface area (Å²) in [6.45, 7) is 7.84. The molecule has 7 heteroatoms. The highest BCUT2D eigenvalue weighted by molar-refractivity contribution is 5.65. The van der Waals surface area contributed by atoms with Crippen molar-refractivity contribution in [3.63, 3.8) is 0 Å². The first kappa shape index (κ1) is 24.0. The summed E-state index contributed by atoms with van der Waals surface area (Å²) in [5.41, 5.74) is 1.70. The van der Waals surface area contributed by atoms with E-state index < -0.39 is 0 Å². The van der Waals surface area contributed by atoms with E-state index in [1.807, 2.05) is 44.2 Å². The van der Waals surface area contributed by atoms with E-state index in [-0.39, 0.29) is 36.0 Å². The number of benzene rings is 2. The Labute approximate surface area is 194 Å². The van der Waals surface area contributed by atoms with Gasteiger partial charge in [0.25, 0.3) is 0 Å². The third kappa shape index (κ3) is 8.27. The van der Waals surface area contributed by atoms with E-state index in [1.165, 1.54) is 6.07 Å². The largest absolute Gasteiger partial charge is 0.493 e. The normalized spacial score (nSPS) is 20.8. The van der Waals surface area contributed by atoms with Gasteiger partial charge in [0.15, 0.2) is 11.6 Å². The topological polar surface area (TPSA) is 62.0 Å². The zero-order chi connectivity index (χ0) is 23.0. The van der Waals surface area contributed by atoms with Gasteiger partial charge in [-0.15, -0.1) is 0 Å². The van der Waals surface area contributed by atoms with Crippen LogP contribution in [0.5, 0.6) is 11.5 Å². The molecule has 0 bridgehead atoms. The maximum atomic E-state index is 14.5. The summed E-state index contributed by atoms with van der Waals surface area (Å²) in [6, 6.07) is 12.7. The number of halogens is 1. The van der Waals surface area contributed by atoms with Gasteiger partial charge in [0.2, 0.25) is 0 Å². The summed E-state index contributed by atoms with van der Waals surface area (Å²) in [5.74, 6) is 0.654. The quantitative estimate of drug-likeness (QED) is 0.361. The van der Waals surface area contributed by atoms with Gasteiger partial charge in [-0.2, -0.15) is 0 Å². The highest BCUT2D eigenvalue weighted by Gasteiger charge is 2.24. The average molecular weight is 461 g/mol. The number of epoxide rings is 2. The van der Waals surface area contributed by atoms with Gasteiger partial charge in [-0.25, -0.2) is 4.39 Å². The Morgan fingerprint density at radius 3 is 1.91 bits per heavy atom. The Bertz CT molecular complexity index is 866. The van der Waals surface area contributed by atoms with Gasteiger partial charge in [-0.05, 0) is 49.2 Å². The molecule has 4 atom stereocenters. The van der Waals surface area contributed by atoms with Crippen molar-refractivity contribution >= 4 is 0 Å². The maximum Gasteiger partial charge on any atom is 0.165 e. The molecule has 0 N–H and O–H groups in total. The molecule has 2 aliphatic heterocycles. The fourth-order valence-electron chi connectivity index (χ4n) is 3.26. The Balaban J connectivity index is 1.19. The second-order valence-corrected chi connectivity index (χ2v) is 8.64. The first-order valence-electron chi connectivity index (χ1n) is 11.7. The van der Waals surface area contributed by atoms with Crippen molar-refractivity contribution in [3.05, 3.63) is 48.3 Å². The van der Waals surface area contributed by atoms with Crippen LogP contribution in [-0.4, -0.2) is 64.1 Å². The molecule has 0 saturated carbocycles. The van der Waals surface area contributed by atoms with Gasteiger partial charge in [0.1, 0.15) is 18.0 Å². The fourth-order valence-corrected chi connectivity index (χ4v) is 3.26. The molecule has 2 fully saturated rings. The van der Waals surface area contributed by atoms with Crippen molar-refractivity contribution in [3.8, 4) is 22.6 Å². The molecule has 0 amide bonds. The molecular formula is C26H33FO6. The lowest BCUT2D eigenvalue weighted by molar-refractivity contribution is 0.0403. The molecule has 180 valence electrons. The minimum absolute atomic E-state index is 0.0466. The second kappa shape index (κ2) is 11.8. The van der Waals surface area contributed by atoms with Crippen LogP contribution in [0.1, 0.15) is 26.7 Å². The number of rotatable bonds is 15. The average Bonchev–Trinajstić information content (AvgIpc) is 3.73. The van der Waals surface area contributed by atoms with Crippen LogP contribution in [0.4, 0.5) is 4.39 Å². The first-order chi connectivity index (χ1) is 16.1. The van der Waals surface area contributed by atoms with E-state index >= 15 is 0 Å². The first-order valence-corrected chi connectivity index (χ1v) is 11.7. The van der Waals surface area contributed by atoms with Crippen LogP contribution in [0, 0.1) is 5.82 Å². The molecule has 6 nitrogen and oxygen atoms in total. The van der Waals surface area contributed by atoms with E-state index in [2.05, 4.69) is 0 Å². The standard InChI is InChI=1S/C26H33FO6/c1-18(30-14-23-16-32-23)9-11-28-22-6-3-20(4-7-22)21-5-8-26(25(27)13-21)29-12-10-19(2)31-15-24-17-33-24/h3-8,13,18-19,23-24H,9-12,14-17H2,1-2H3. The Hall–Kier alpha value is -2.19. The summed E-state index contributed by atoms with van der Waals surface area (Å²) in [5, 5.41) is 0. The molecule has 0 aliphatic carbocycles. The van der Waals surface area contributed by atoms with E-state index in [0.717, 1.165) is 36.5 Å². The van der Waals surface area contributed by atoms with Crippen molar-refractivity contribution in [2.45, 2.75) is 51.1 Å². The van der Waals surface area contributed by atoms with Crippen molar-refractivity contribution in [2.75, 3.05) is 39.6 Å². The summed E-state index contributed by atoms with van der Waals surface area (Å²) in [4.78, 5) is 0. The number of hydrogen-bond donors (Lipinski definition) is 0. The Morgan fingerprint density at radius 1 is 0.818 bits per heavy atom. The van der Waals surface area contributed by atoms with E-state index in [9.17, 15) is 4.39 Å². The van der Waals surface area contributed by atoms with Crippen LogP contribution in [-0.2, 0) is 18.9 Å². The molecule has 4 rings (SSSR count). The van der Waals surface area contributed by atoms with Gasteiger partial charge < -0.3 is 28.4 Å². The molecule has 4 unspecified atom stereocenters. The second-order valence-electron chi connectivity index (χ2n) is 8.64. The Morgan fingerprint density at radius 2 is 1.36 bits per heavy atom. The van der Waals surface area contributed by atoms with Crippen molar-refractivity contribution in [1.82, 2.24) is 0 Å². The molecule has 2 aromatic carbocycles. The van der Waals surface area contributed by atoms with E-state index in [1.54, 1.807) is 6.07 Å². The molecule has 0 radical (unpaired) electrons. The van der Waals surface area contributed by atoms with Crippen molar-refractivity contribution in [2.24, 2.45) is 0 Å². The van der Waals surface area contributed by atoms with Crippen LogP contribution < -0.4 is 9.47 Å². The Kier molecular flexibility index (Phi) is 8.56. The van der Waals surface area contributed by atoms with Gasteiger partial charge in [-0.3, -0.25) is 0 Å². The molecular weight excluding hydrogens is 427 g/mol. The molecule has 33 heavy (non-hydrogen) atoms. The minimum Gasteiger partial charge on any atom is -0.493 e. The third-order valence-electron chi connectivity index (χ3n) is 5.63. The fraction of sp³-hybridized carbons (Fsp3) is 0.538. The van der Waals surface area contributed by atoms with Crippen LogP contribution >= 0.6 is 0 Å². The third-order valence-corrected chi connectivity index (χ3v) is 5.63. The molecule has 2 saturated heterocycles. The highest BCUT2D eigenvalue weighted by Crippen LogP contribution is 2.27. The lowest BCUT2D eigenvalue weighted by atomic mass is 10.1. The molecule has 2 heterocycles. The highest BCUT2D eigenvalue weighted by atomic mass is 19.1. The van der Waals surface area contributed by atoms with Gasteiger partial charge in [-0.1, -0.05) is 18.2 Å². The van der Waals surface area contributed by atoms with Gasteiger partial charge >= 0.3 is 0 Å². The molecule has 2 aliphatic rings. The maximum absolute atomic E-state index is 14.5. The summed E-state index contributed by atoms with van der Waals surface area (Å²) < 4.78 is 47.6. The SMILES string of the molecule is CC(CCOc1ccc(-c2ccc(OCCC(C)OCC3CO3)c(F)c2)cc1)OCC1CO1. The summed E-state index contributed by atoms with van der Waals surface area (Å²) in [6.07, 6.45) is 2.20. The number of ether oxygens (including phenoxy) is 6. The van der Waals surface area contributed by atoms with Crippen LogP contribution in [0.2, 0.25) is 0 Å². The van der Waals surface area contributed by atoms with Crippen molar-refractivity contribution in [1.29, 1.82) is 0 Å². The van der Waals surface area contributed by atoms with Gasteiger partial charge in [0.05, 0.1) is 51.8 Å². The van der Waals surface area contributed by atoms with Gasteiger partial charge in [0, 0.05) is 12.8 Å². The molecule has 2 aromatic rings. The van der Waals surface area contributed by atoms with Crippen LogP contribution in [0.15, 0.2) is 42.5 Å². The van der Waals surface area contributed by atoms with E-state index in [4.69, 9.17) is 28.4 Å². The van der Waals surface area contributed by atoms with Crippen LogP contribution in [0.25, 0.3) is 11.1 Å². The zero-order valence-electron chi connectivity index (χ0n) is 19.3. The molecule has 0 aromatic heterocycles. The van der Waals surface area contributed by atoms with Crippen LogP contribution in [0.3, 0.4) is 0 Å². The smallest absolute Gasteiger partial charge is 0.165 e. The lowest BCUT2D eigenvalue weighted by Gasteiger charge is -2.14. The monoisotopic (exact) mass is 460 g/mol. The van der Waals surface area contributed by atoms with Crippen molar-refractivity contribution < 1.29 is 32.8 Å². The minimum atomic E-state index is -0.377. The number of hydrogen-bond acceptors (Lipinski definition) is 6.